The Morgan fingerprint density at radius 2 is 2.07 bits per heavy atom. The highest BCUT2D eigenvalue weighted by atomic mass is 32.2. The normalized spacial score (nSPS) is 14.2. The van der Waals surface area contributed by atoms with Crippen molar-refractivity contribution < 1.29 is 4.79 Å². The lowest BCUT2D eigenvalue weighted by Gasteiger charge is -2.16. The molecule has 0 bridgehead atoms. The van der Waals surface area contributed by atoms with Crippen LogP contribution in [0.2, 0.25) is 0 Å². The molecule has 0 fully saturated rings. The molecule has 1 aliphatic rings. The minimum absolute atomic E-state index is 0.0260. The molecule has 0 spiro atoms. The zero-order valence-electron chi connectivity index (χ0n) is 16.9. The van der Waals surface area contributed by atoms with Crippen LogP contribution >= 0.6 is 23.1 Å². The Labute approximate surface area is 178 Å². The fourth-order valence-corrected chi connectivity index (χ4v) is 5.88. The van der Waals surface area contributed by atoms with Crippen LogP contribution in [0.4, 0.5) is 0 Å². The van der Waals surface area contributed by atoms with Gasteiger partial charge in [-0.15, -0.1) is 11.3 Å². The van der Waals surface area contributed by atoms with Crippen LogP contribution < -0.4 is 10.9 Å². The van der Waals surface area contributed by atoms with Crippen LogP contribution in [0.5, 0.6) is 0 Å². The Morgan fingerprint density at radius 3 is 2.79 bits per heavy atom. The molecule has 1 unspecified atom stereocenters. The van der Waals surface area contributed by atoms with E-state index in [1.165, 1.54) is 22.2 Å². The first-order chi connectivity index (χ1) is 14.0. The van der Waals surface area contributed by atoms with Gasteiger partial charge in [-0.25, -0.2) is 4.98 Å². The van der Waals surface area contributed by atoms with Crippen molar-refractivity contribution in [1.82, 2.24) is 14.9 Å². The fourth-order valence-electron chi connectivity index (χ4n) is 3.63. The Hall–Kier alpha value is -2.12. The average Bonchev–Trinajstić information content (AvgIpc) is 3.28. The van der Waals surface area contributed by atoms with E-state index < -0.39 is 0 Å². The van der Waals surface area contributed by atoms with E-state index in [0.717, 1.165) is 47.2 Å². The highest BCUT2D eigenvalue weighted by molar-refractivity contribution is 8.00. The summed E-state index contributed by atoms with van der Waals surface area (Å²) in [6.45, 7) is 6.56. The van der Waals surface area contributed by atoms with Crippen LogP contribution in [0.15, 0.2) is 34.2 Å². The third-order valence-corrected chi connectivity index (χ3v) is 7.44. The summed E-state index contributed by atoms with van der Waals surface area (Å²) < 4.78 is 1.68. The average molecular weight is 428 g/mol. The number of hydrogen-bond acceptors (Lipinski definition) is 5. The minimum Gasteiger partial charge on any atom is -0.355 e. The summed E-state index contributed by atoms with van der Waals surface area (Å²) in [7, 11) is 0. The van der Waals surface area contributed by atoms with Gasteiger partial charge in [0.15, 0.2) is 5.16 Å². The standard InChI is InChI=1S/C22H25N3O2S2/c1-4-12-23-19(26)14(3)28-22-24-20-18(16-6-5-7-17(16)29-20)21(27)25(22)15-10-8-13(2)9-11-15/h8-11,14H,4-7,12H2,1-3H3,(H,23,26). The van der Waals surface area contributed by atoms with E-state index in [2.05, 4.69) is 5.32 Å². The van der Waals surface area contributed by atoms with Gasteiger partial charge in [-0.05, 0) is 57.2 Å². The number of aryl methyl sites for hydroxylation is 3. The van der Waals surface area contributed by atoms with Gasteiger partial charge in [0.1, 0.15) is 4.83 Å². The predicted molar refractivity (Wildman–Crippen MR) is 121 cm³/mol. The summed E-state index contributed by atoms with van der Waals surface area (Å²) in [5.41, 5.74) is 3.07. The first-order valence-electron chi connectivity index (χ1n) is 10.1. The summed E-state index contributed by atoms with van der Waals surface area (Å²) in [6, 6.07) is 7.89. The van der Waals surface area contributed by atoms with E-state index >= 15 is 0 Å². The third-order valence-electron chi connectivity index (χ3n) is 5.20. The van der Waals surface area contributed by atoms with Gasteiger partial charge < -0.3 is 5.32 Å². The van der Waals surface area contributed by atoms with E-state index in [-0.39, 0.29) is 16.7 Å². The highest BCUT2D eigenvalue weighted by Crippen LogP contribution is 2.36. The highest BCUT2D eigenvalue weighted by Gasteiger charge is 2.25. The number of thiophene rings is 1. The van der Waals surface area contributed by atoms with Gasteiger partial charge in [0.2, 0.25) is 5.91 Å². The molecule has 1 N–H and O–H groups in total. The zero-order valence-corrected chi connectivity index (χ0v) is 18.6. The largest absolute Gasteiger partial charge is 0.355 e. The fraction of sp³-hybridized carbons (Fsp3) is 0.409. The second kappa shape index (κ2) is 8.32. The Kier molecular flexibility index (Phi) is 5.79. The molecular formula is C22H25N3O2S2. The van der Waals surface area contributed by atoms with Crippen LogP contribution in [0.3, 0.4) is 0 Å². The Morgan fingerprint density at radius 1 is 1.31 bits per heavy atom. The molecule has 1 amide bonds. The van der Waals surface area contributed by atoms with Crippen molar-refractivity contribution in [2.75, 3.05) is 6.54 Å². The number of aromatic nitrogens is 2. The number of rotatable bonds is 6. The Bertz CT molecular complexity index is 1120. The molecular weight excluding hydrogens is 402 g/mol. The third kappa shape index (κ3) is 3.85. The van der Waals surface area contributed by atoms with Crippen LogP contribution in [0.1, 0.15) is 42.7 Å². The topological polar surface area (TPSA) is 64.0 Å². The molecule has 7 heteroatoms. The van der Waals surface area contributed by atoms with Gasteiger partial charge in [0.25, 0.3) is 5.56 Å². The number of amides is 1. The zero-order chi connectivity index (χ0) is 20.5. The van der Waals surface area contributed by atoms with Gasteiger partial charge in [0.05, 0.1) is 16.3 Å². The van der Waals surface area contributed by atoms with Crippen molar-refractivity contribution >= 4 is 39.2 Å². The molecule has 0 aliphatic heterocycles. The number of carbonyl (C=O) groups is 1. The van der Waals surface area contributed by atoms with Crippen molar-refractivity contribution in [2.45, 2.75) is 56.9 Å². The molecule has 0 saturated carbocycles. The molecule has 0 saturated heterocycles. The van der Waals surface area contributed by atoms with Crippen LogP contribution in [-0.2, 0) is 17.6 Å². The number of nitrogens with one attached hydrogen (secondary N) is 1. The van der Waals surface area contributed by atoms with Crippen molar-refractivity contribution in [1.29, 1.82) is 0 Å². The predicted octanol–water partition coefficient (Wildman–Crippen LogP) is 4.25. The van der Waals surface area contributed by atoms with Crippen LogP contribution in [0.25, 0.3) is 15.9 Å². The van der Waals surface area contributed by atoms with Gasteiger partial charge in [0, 0.05) is 11.4 Å². The molecule has 0 radical (unpaired) electrons. The second-order valence-electron chi connectivity index (χ2n) is 7.46. The van der Waals surface area contributed by atoms with Crippen molar-refractivity contribution in [2.24, 2.45) is 0 Å². The molecule has 4 rings (SSSR count). The molecule has 5 nitrogen and oxygen atoms in total. The first kappa shape index (κ1) is 20.2. The summed E-state index contributed by atoms with van der Waals surface area (Å²) in [5, 5.41) is 3.93. The summed E-state index contributed by atoms with van der Waals surface area (Å²) in [6.07, 6.45) is 3.97. The monoisotopic (exact) mass is 427 g/mol. The van der Waals surface area contributed by atoms with E-state index in [0.29, 0.717) is 11.7 Å². The lowest BCUT2D eigenvalue weighted by Crippen LogP contribution is -2.32. The Balaban J connectivity index is 1.83. The molecule has 29 heavy (non-hydrogen) atoms. The summed E-state index contributed by atoms with van der Waals surface area (Å²) in [5.74, 6) is -0.0321. The number of carbonyl (C=O) groups excluding carboxylic acids is 1. The number of fused-ring (bicyclic) bond motifs is 3. The van der Waals surface area contributed by atoms with E-state index in [1.807, 2.05) is 45.0 Å². The van der Waals surface area contributed by atoms with Gasteiger partial charge in [-0.3, -0.25) is 14.2 Å². The van der Waals surface area contributed by atoms with E-state index in [1.54, 1.807) is 15.9 Å². The second-order valence-corrected chi connectivity index (χ2v) is 9.85. The molecule has 2 heterocycles. The van der Waals surface area contributed by atoms with Gasteiger partial charge >= 0.3 is 0 Å². The molecule has 1 aromatic carbocycles. The lowest BCUT2D eigenvalue weighted by molar-refractivity contribution is -0.120. The lowest BCUT2D eigenvalue weighted by atomic mass is 10.2. The minimum atomic E-state index is -0.339. The summed E-state index contributed by atoms with van der Waals surface area (Å²) in [4.78, 5) is 33.0. The first-order valence-corrected chi connectivity index (χ1v) is 11.8. The number of benzene rings is 1. The van der Waals surface area contributed by atoms with Gasteiger partial charge in [-0.2, -0.15) is 0 Å². The van der Waals surface area contributed by atoms with Crippen molar-refractivity contribution in [3.8, 4) is 5.69 Å². The maximum atomic E-state index is 13.6. The molecule has 3 aromatic rings. The van der Waals surface area contributed by atoms with Crippen LogP contribution in [-0.4, -0.2) is 27.3 Å². The maximum absolute atomic E-state index is 13.6. The van der Waals surface area contributed by atoms with Crippen LogP contribution in [0, 0.1) is 6.92 Å². The number of nitrogens with zero attached hydrogens (tertiary/aromatic N) is 2. The molecule has 152 valence electrons. The molecule has 1 aliphatic carbocycles. The SMILES string of the molecule is CCCNC(=O)C(C)Sc1nc2sc3c(c2c(=O)n1-c1ccc(C)cc1)CCC3. The maximum Gasteiger partial charge on any atom is 0.267 e. The van der Waals surface area contributed by atoms with Crippen molar-refractivity contribution in [3.63, 3.8) is 0 Å². The quantitative estimate of drug-likeness (QED) is 0.472. The summed E-state index contributed by atoms with van der Waals surface area (Å²) >= 11 is 2.98. The molecule has 2 aromatic heterocycles. The smallest absolute Gasteiger partial charge is 0.267 e. The van der Waals surface area contributed by atoms with E-state index in [9.17, 15) is 9.59 Å². The molecule has 1 atom stereocenters. The number of thioether (sulfide) groups is 1. The number of hydrogen-bond donors (Lipinski definition) is 1. The van der Waals surface area contributed by atoms with Gasteiger partial charge in [-0.1, -0.05) is 36.4 Å². The van der Waals surface area contributed by atoms with Crippen molar-refractivity contribution in [3.05, 3.63) is 50.6 Å². The van der Waals surface area contributed by atoms with E-state index in [4.69, 9.17) is 4.98 Å².